The zero-order valence-electron chi connectivity index (χ0n) is 19.4. The second-order valence-electron chi connectivity index (χ2n) is 8.90. The summed E-state index contributed by atoms with van der Waals surface area (Å²) in [7, 11) is -3.95. The van der Waals surface area contributed by atoms with Gasteiger partial charge in [0, 0.05) is 0 Å². The van der Waals surface area contributed by atoms with Gasteiger partial charge in [-0.2, -0.15) is 8.42 Å². The molecule has 2 unspecified atom stereocenters. The maximum Gasteiger partial charge on any atom is 0.267 e. The predicted octanol–water partition coefficient (Wildman–Crippen LogP) is 7.45. The van der Waals surface area contributed by atoms with Crippen LogP contribution in [0.2, 0.25) is 0 Å². The minimum Gasteiger partial charge on any atom is -0.393 e. The first-order valence-electron chi connectivity index (χ1n) is 12.6. The Labute approximate surface area is 182 Å². The maximum atomic E-state index is 11.5. The van der Waals surface area contributed by atoms with Crippen molar-refractivity contribution in [1.82, 2.24) is 0 Å². The zero-order chi connectivity index (χ0) is 21.8. The van der Waals surface area contributed by atoms with Crippen molar-refractivity contribution in [2.75, 3.05) is 0 Å². The second kappa shape index (κ2) is 19.8. The molecule has 0 aliphatic heterocycles. The van der Waals surface area contributed by atoms with Crippen LogP contribution in [0.5, 0.6) is 0 Å². The molecule has 176 valence electrons. The molecule has 0 rings (SSSR count). The quantitative estimate of drug-likeness (QED) is 0.137. The summed E-state index contributed by atoms with van der Waals surface area (Å²) >= 11 is 0. The Morgan fingerprint density at radius 2 is 0.862 bits per heavy atom. The van der Waals surface area contributed by atoms with Crippen LogP contribution in [0.25, 0.3) is 0 Å². The van der Waals surface area contributed by atoms with Crippen molar-refractivity contribution in [1.29, 1.82) is 0 Å². The second-order valence-corrected chi connectivity index (χ2v) is 10.6. The van der Waals surface area contributed by atoms with Crippen LogP contribution >= 0.6 is 0 Å². The minimum atomic E-state index is -3.95. The van der Waals surface area contributed by atoms with Gasteiger partial charge in [0.25, 0.3) is 10.1 Å². The van der Waals surface area contributed by atoms with Crippen LogP contribution in [0.15, 0.2) is 0 Å². The lowest BCUT2D eigenvalue weighted by Crippen LogP contribution is -2.20. The molecular formula is C24H50O4S. The van der Waals surface area contributed by atoms with Crippen molar-refractivity contribution in [3.63, 3.8) is 0 Å². The molecule has 0 aliphatic carbocycles. The molecule has 0 fully saturated rings. The van der Waals surface area contributed by atoms with Gasteiger partial charge in [0.05, 0.1) is 11.4 Å². The van der Waals surface area contributed by atoms with Crippen molar-refractivity contribution in [3.05, 3.63) is 0 Å². The highest BCUT2D eigenvalue weighted by molar-refractivity contribution is 7.86. The highest BCUT2D eigenvalue weighted by Gasteiger charge is 2.22. The molecule has 0 aromatic heterocycles. The zero-order valence-corrected chi connectivity index (χ0v) is 20.2. The van der Waals surface area contributed by atoms with E-state index < -0.39 is 15.4 Å². The normalized spacial score (nSPS) is 14.2. The van der Waals surface area contributed by atoms with Crippen LogP contribution in [0.1, 0.15) is 142 Å². The fraction of sp³-hybridized carbons (Fsp3) is 1.00. The van der Waals surface area contributed by atoms with E-state index in [9.17, 15) is 18.1 Å². The third-order valence-corrected chi connectivity index (χ3v) is 7.32. The number of aliphatic hydroxyl groups is 1. The lowest BCUT2D eigenvalue weighted by Gasteiger charge is -2.15. The fourth-order valence-electron chi connectivity index (χ4n) is 4.00. The Kier molecular flexibility index (Phi) is 19.7. The van der Waals surface area contributed by atoms with Crippen LogP contribution in [-0.2, 0) is 10.1 Å². The molecule has 0 saturated heterocycles. The highest BCUT2D eigenvalue weighted by atomic mass is 32.2. The van der Waals surface area contributed by atoms with Gasteiger partial charge in [0.2, 0.25) is 0 Å². The lowest BCUT2D eigenvalue weighted by molar-refractivity contribution is 0.147. The standard InChI is InChI=1S/C24H50O4S/c1-3-5-7-9-10-11-12-13-14-15-19-23(25)20-17-18-22-24(29(26,27)28)21-16-8-6-4-2/h23-25H,3-22H2,1-2H3,(H,26,27,28). The van der Waals surface area contributed by atoms with Gasteiger partial charge in [0.1, 0.15) is 0 Å². The van der Waals surface area contributed by atoms with Crippen LogP contribution in [0.4, 0.5) is 0 Å². The third-order valence-electron chi connectivity index (χ3n) is 6.01. The number of hydrogen-bond donors (Lipinski definition) is 2. The SMILES string of the molecule is CCCCCCCCCCCCC(O)CCCCC(CCCCCC)S(=O)(=O)O. The summed E-state index contributed by atoms with van der Waals surface area (Å²) in [5.74, 6) is 0. The molecule has 0 aliphatic rings. The number of rotatable bonds is 22. The molecule has 29 heavy (non-hydrogen) atoms. The van der Waals surface area contributed by atoms with Gasteiger partial charge in [-0.05, 0) is 25.7 Å². The summed E-state index contributed by atoms with van der Waals surface area (Å²) in [6.07, 6.45) is 21.1. The van der Waals surface area contributed by atoms with Crippen molar-refractivity contribution in [2.45, 2.75) is 154 Å². The Morgan fingerprint density at radius 3 is 1.31 bits per heavy atom. The Balaban J connectivity index is 3.64. The fourth-order valence-corrected chi connectivity index (χ4v) is 4.93. The largest absolute Gasteiger partial charge is 0.393 e. The number of unbranched alkanes of at least 4 members (excludes halogenated alkanes) is 13. The van der Waals surface area contributed by atoms with Crippen LogP contribution < -0.4 is 0 Å². The molecule has 0 amide bonds. The third kappa shape index (κ3) is 19.6. The molecule has 0 saturated carbocycles. The van der Waals surface area contributed by atoms with Gasteiger partial charge in [0.15, 0.2) is 0 Å². The summed E-state index contributed by atoms with van der Waals surface area (Å²) in [6.45, 7) is 4.38. The monoisotopic (exact) mass is 434 g/mol. The van der Waals surface area contributed by atoms with Gasteiger partial charge in [-0.15, -0.1) is 0 Å². The van der Waals surface area contributed by atoms with E-state index in [1.54, 1.807) is 0 Å². The molecule has 2 N–H and O–H groups in total. The first kappa shape index (κ1) is 28.9. The molecule has 0 bridgehead atoms. The molecule has 5 heteroatoms. The summed E-state index contributed by atoms with van der Waals surface area (Å²) < 4.78 is 32.5. The molecule has 0 aromatic carbocycles. The first-order valence-corrected chi connectivity index (χ1v) is 14.1. The molecule has 0 spiro atoms. The Hall–Kier alpha value is -0.130. The number of aliphatic hydroxyl groups excluding tert-OH is 1. The van der Waals surface area contributed by atoms with E-state index in [1.807, 2.05) is 0 Å². The smallest absolute Gasteiger partial charge is 0.267 e. The van der Waals surface area contributed by atoms with E-state index in [4.69, 9.17) is 0 Å². The number of hydrogen-bond acceptors (Lipinski definition) is 3. The van der Waals surface area contributed by atoms with E-state index in [2.05, 4.69) is 13.8 Å². The average molecular weight is 435 g/mol. The lowest BCUT2D eigenvalue weighted by atomic mass is 10.0. The topological polar surface area (TPSA) is 74.6 Å². The highest BCUT2D eigenvalue weighted by Crippen LogP contribution is 2.19. The Bertz CT molecular complexity index is 436. The molecule has 0 heterocycles. The Morgan fingerprint density at radius 1 is 0.552 bits per heavy atom. The van der Waals surface area contributed by atoms with E-state index in [-0.39, 0.29) is 6.10 Å². The molecule has 0 aromatic rings. The molecule has 0 radical (unpaired) electrons. The summed E-state index contributed by atoms with van der Waals surface area (Å²) in [5, 5.41) is 9.50. The van der Waals surface area contributed by atoms with Crippen LogP contribution in [0.3, 0.4) is 0 Å². The van der Waals surface area contributed by atoms with E-state index in [0.717, 1.165) is 57.8 Å². The van der Waals surface area contributed by atoms with Crippen molar-refractivity contribution >= 4 is 10.1 Å². The van der Waals surface area contributed by atoms with Crippen molar-refractivity contribution in [3.8, 4) is 0 Å². The molecule has 4 nitrogen and oxygen atoms in total. The van der Waals surface area contributed by atoms with Gasteiger partial charge < -0.3 is 5.11 Å². The molecular weight excluding hydrogens is 384 g/mol. The van der Waals surface area contributed by atoms with Crippen LogP contribution in [-0.4, -0.2) is 29.4 Å². The summed E-state index contributed by atoms with van der Waals surface area (Å²) in [4.78, 5) is 0. The van der Waals surface area contributed by atoms with Gasteiger partial charge in [-0.25, -0.2) is 0 Å². The molecule has 2 atom stereocenters. The van der Waals surface area contributed by atoms with Crippen molar-refractivity contribution < 1.29 is 18.1 Å². The summed E-state index contributed by atoms with van der Waals surface area (Å²) in [5.41, 5.74) is 0. The van der Waals surface area contributed by atoms with Gasteiger partial charge >= 0.3 is 0 Å². The van der Waals surface area contributed by atoms with E-state index in [0.29, 0.717) is 12.8 Å². The van der Waals surface area contributed by atoms with Crippen molar-refractivity contribution in [2.24, 2.45) is 0 Å². The first-order chi connectivity index (χ1) is 13.9. The van der Waals surface area contributed by atoms with Crippen LogP contribution in [0, 0.1) is 0 Å². The van der Waals surface area contributed by atoms with Gasteiger partial charge in [-0.1, -0.05) is 117 Å². The van der Waals surface area contributed by atoms with Gasteiger partial charge in [-0.3, -0.25) is 4.55 Å². The average Bonchev–Trinajstić information content (AvgIpc) is 2.67. The van der Waals surface area contributed by atoms with E-state index in [1.165, 1.54) is 57.8 Å². The van der Waals surface area contributed by atoms with E-state index >= 15 is 0 Å². The minimum absolute atomic E-state index is 0.266. The summed E-state index contributed by atoms with van der Waals surface area (Å²) in [6, 6.07) is 0. The maximum absolute atomic E-state index is 11.5. The predicted molar refractivity (Wildman–Crippen MR) is 125 cm³/mol.